The molecule has 1 aliphatic heterocycles. The highest BCUT2D eigenvalue weighted by atomic mass is 35.5. The van der Waals surface area contributed by atoms with Crippen molar-refractivity contribution in [3.05, 3.63) is 112 Å². The highest BCUT2D eigenvalue weighted by molar-refractivity contribution is 5.96. The zero-order chi connectivity index (χ0) is 23.3. The summed E-state index contributed by atoms with van der Waals surface area (Å²) in [6, 6.07) is 23.3. The molecule has 1 fully saturated rings. The minimum Gasteiger partial charge on any atom is -0.303 e. The number of benzene rings is 3. The average molecular weight is 488 g/mol. The average Bonchev–Trinajstić information content (AvgIpc) is 3.04. The fourth-order valence-electron chi connectivity index (χ4n) is 5.14. The summed E-state index contributed by atoms with van der Waals surface area (Å²) < 4.78 is 13.1. The number of hydrogen-bond acceptors (Lipinski definition) is 2. The Bertz CT molecular complexity index is 1180. The fourth-order valence-corrected chi connectivity index (χ4v) is 5.14. The van der Waals surface area contributed by atoms with Crippen LogP contribution < -0.4 is 0 Å². The van der Waals surface area contributed by atoms with Crippen molar-refractivity contribution in [3.63, 3.8) is 0 Å². The van der Waals surface area contributed by atoms with Crippen LogP contribution in [0.1, 0.15) is 64.7 Å². The largest absolute Gasteiger partial charge is 0.303 e. The normalized spacial score (nSPS) is 15.1. The van der Waals surface area contributed by atoms with E-state index < -0.39 is 0 Å². The van der Waals surface area contributed by atoms with Crippen LogP contribution in [0.4, 0.5) is 4.39 Å². The van der Waals surface area contributed by atoms with Gasteiger partial charge < -0.3 is 4.90 Å². The van der Waals surface area contributed by atoms with Gasteiger partial charge in [-0.25, -0.2) is 4.39 Å². The first-order valence-electron chi connectivity index (χ1n) is 12.3. The Balaban J connectivity index is 0.00000289. The molecule has 2 nitrogen and oxygen atoms in total. The highest BCUT2D eigenvalue weighted by Crippen LogP contribution is 2.38. The molecule has 1 heterocycles. The zero-order valence-corrected chi connectivity index (χ0v) is 20.7. The van der Waals surface area contributed by atoms with Crippen LogP contribution in [0.3, 0.4) is 0 Å². The number of fused-ring (bicyclic) bond motifs is 2. The number of halogens is 2. The number of carbonyl (C=O) groups is 1. The molecule has 0 bridgehead atoms. The monoisotopic (exact) mass is 487 g/mol. The van der Waals surface area contributed by atoms with Crippen LogP contribution in [0.2, 0.25) is 0 Å². The van der Waals surface area contributed by atoms with Crippen LogP contribution >= 0.6 is 12.4 Å². The van der Waals surface area contributed by atoms with Gasteiger partial charge in [-0.3, -0.25) is 4.79 Å². The maximum Gasteiger partial charge on any atom is 0.162 e. The molecule has 3 aromatic rings. The maximum absolute atomic E-state index is 13.1. The van der Waals surface area contributed by atoms with E-state index in [0.29, 0.717) is 12.0 Å². The maximum atomic E-state index is 13.1. The van der Waals surface area contributed by atoms with Gasteiger partial charge >= 0.3 is 0 Å². The second kappa shape index (κ2) is 11.6. The molecule has 0 saturated carbocycles. The zero-order valence-electron chi connectivity index (χ0n) is 19.9. The Labute approximate surface area is 213 Å². The van der Waals surface area contributed by atoms with Crippen LogP contribution in [-0.4, -0.2) is 30.3 Å². The molecule has 1 saturated heterocycles. The number of hydrogen-bond donors (Lipinski definition) is 0. The second-order valence-electron chi connectivity index (χ2n) is 9.22. The van der Waals surface area contributed by atoms with Crippen LogP contribution in [0.5, 0.6) is 0 Å². The lowest BCUT2D eigenvalue weighted by molar-refractivity contribution is 0.0977. The van der Waals surface area contributed by atoms with Gasteiger partial charge in [0.15, 0.2) is 5.78 Å². The first kappa shape index (κ1) is 25.1. The molecule has 35 heavy (non-hydrogen) atoms. The summed E-state index contributed by atoms with van der Waals surface area (Å²) in [6.07, 6.45) is 9.03. The molecule has 0 N–H and O–H groups in total. The van der Waals surface area contributed by atoms with E-state index in [9.17, 15) is 9.18 Å². The van der Waals surface area contributed by atoms with Crippen molar-refractivity contribution in [1.29, 1.82) is 0 Å². The van der Waals surface area contributed by atoms with E-state index in [1.807, 2.05) is 0 Å². The molecule has 0 unspecified atom stereocenters. The van der Waals surface area contributed by atoms with Crippen molar-refractivity contribution in [2.45, 2.75) is 32.1 Å². The Morgan fingerprint density at radius 3 is 1.94 bits per heavy atom. The van der Waals surface area contributed by atoms with Crippen molar-refractivity contribution in [3.8, 4) is 0 Å². The standard InChI is InChI=1S/C31H30FNO.ClH/c32-27-16-14-25(15-17-27)30(34)11-5-6-20-33-21-18-26(19-22-33)31-28-9-3-1-7-23(28)12-13-24-8-2-4-10-29(24)31;/h1-4,7-10,12-17H,5-6,11,18-22H2;1H. The predicted molar refractivity (Wildman–Crippen MR) is 145 cm³/mol. The van der Waals surface area contributed by atoms with Gasteiger partial charge in [-0.05, 0) is 84.3 Å². The van der Waals surface area contributed by atoms with Gasteiger partial charge in [0.25, 0.3) is 0 Å². The number of unbranched alkanes of at least 4 members (excludes halogenated alkanes) is 1. The minimum absolute atomic E-state index is 0. The van der Waals surface area contributed by atoms with Crippen LogP contribution in [-0.2, 0) is 0 Å². The van der Waals surface area contributed by atoms with Crippen LogP contribution in [0.25, 0.3) is 17.7 Å². The molecule has 180 valence electrons. The lowest BCUT2D eigenvalue weighted by Crippen LogP contribution is -2.32. The summed E-state index contributed by atoms with van der Waals surface area (Å²) in [5.41, 5.74) is 8.82. The van der Waals surface area contributed by atoms with E-state index in [1.54, 1.807) is 17.7 Å². The summed E-state index contributed by atoms with van der Waals surface area (Å²) in [7, 11) is 0. The van der Waals surface area contributed by atoms with E-state index in [-0.39, 0.29) is 24.0 Å². The Kier molecular flexibility index (Phi) is 8.33. The SMILES string of the molecule is Cl.O=C(CCCCN1CCC(=C2c3ccccc3C=Cc3ccccc32)CC1)c1ccc(F)cc1. The Hall–Kier alpha value is -3.01. The molecule has 0 atom stereocenters. The third-order valence-electron chi connectivity index (χ3n) is 7.01. The van der Waals surface area contributed by atoms with Crippen molar-refractivity contribution in [1.82, 2.24) is 4.90 Å². The lowest BCUT2D eigenvalue weighted by atomic mass is 9.86. The van der Waals surface area contributed by atoms with Gasteiger partial charge in [0.1, 0.15) is 5.82 Å². The number of Topliss-reactive ketones (excluding diaryl/α,β-unsaturated/α-hetero) is 1. The summed E-state index contributed by atoms with van der Waals surface area (Å²) in [4.78, 5) is 14.8. The van der Waals surface area contributed by atoms with Gasteiger partial charge in [0.05, 0.1) is 0 Å². The first-order chi connectivity index (χ1) is 16.7. The highest BCUT2D eigenvalue weighted by Gasteiger charge is 2.22. The number of piperidine rings is 1. The molecule has 2 aliphatic rings. The van der Waals surface area contributed by atoms with Gasteiger partial charge in [0, 0.05) is 25.1 Å². The quantitative estimate of drug-likeness (QED) is 0.205. The summed E-state index contributed by atoms with van der Waals surface area (Å²) >= 11 is 0. The molecule has 4 heteroatoms. The predicted octanol–water partition coefficient (Wildman–Crippen LogP) is 7.68. The minimum atomic E-state index is -0.303. The summed E-state index contributed by atoms with van der Waals surface area (Å²) in [5, 5.41) is 0. The smallest absolute Gasteiger partial charge is 0.162 e. The first-order valence-corrected chi connectivity index (χ1v) is 12.3. The molecule has 1 aliphatic carbocycles. The number of carbonyl (C=O) groups excluding carboxylic acids is 1. The molecule has 0 aromatic heterocycles. The van der Waals surface area contributed by atoms with E-state index in [4.69, 9.17) is 0 Å². The van der Waals surface area contributed by atoms with Crippen molar-refractivity contribution < 1.29 is 9.18 Å². The fraction of sp³-hybridized carbons (Fsp3) is 0.258. The number of nitrogens with zero attached hydrogens (tertiary/aromatic N) is 1. The van der Waals surface area contributed by atoms with E-state index >= 15 is 0 Å². The van der Waals surface area contributed by atoms with Gasteiger partial charge in [-0.2, -0.15) is 0 Å². The van der Waals surface area contributed by atoms with E-state index in [0.717, 1.165) is 45.3 Å². The van der Waals surface area contributed by atoms with Crippen LogP contribution in [0.15, 0.2) is 78.4 Å². The molecule has 0 amide bonds. The Morgan fingerprint density at radius 1 is 0.771 bits per heavy atom. The van der Waals surface area contributed by atoms with Crippen molar-refractivity contribution in [2.24, 2.45) is 0 Å². The lowest BCUT2D eigenvalue weighted by Gasteiger charge is -2.30. The molecule has 3 aromatic carbocycles. The Morgan fingerprint density at radius 2 is 1.34 bits per heavy atom. The van der Waals surface area contributed by atoms with Crippen molar-refractivity contribution in [2.75, 3.05) is 19.6 Å². The molecular formula is C31H31ClFNO. The molecular weight excluding hydrogens is 457 g/mol. The molecule has 0 radical (unpaired) electrons. The molecule has 5 rings (SSSR count). The summed E-state index contributed by atoms with van der Waals surface area (Å²) in [6.45, 7) is 3.14. The van der Waals surface area contributed by atoms with E-state index in [2.05, 4.69) is 65.6 Å². The number of ketones is 1. The van der Waals surface area contributed by atoms with Crippen LogP contribution in [0, 0.1) is 5.82 Å². The number of likely N-dealkylation sites (tertiary alicyclic amines) is 1. The van der Waals surface area contributed by atoms with Crippen molar-refractivity contribution >= 4 is 35.9 Å². The third-order valence-corrected chi connectivity index (χ3v) is 7.01. The second-order valence-corrected chi connectivity index (χ2v) is 9.22. The topological polar surface area (TPSA) is 20.3 Å². The summed E-state index contributed by atoms with van der Waals surface area (Å²) in [5.74, 6) is -0.201. The van der Waals surface area contributed by atoms with Gasteiger partial charge in [0.2, 0.25) is 0 Å². The number of rotatable bonds is 6. The third kappa shape index (κ3) is 5.80. The van der Waals surface area contributed by atoms with Gasteiger partial charge in [-0.15, -0.1) is 12.4 Å². The van der Waals surface area contributed by atoms with Gasteiger partial charge in [-0.1, -0.05) is 66.3 Å². The molecule has 0 spiro atoms. The van der Waals surface area contributed by atoms with E-state index in [1.165, 1.54) is 40.0 Å².